The number of hydrogen-bond acceptors (Lipinski definition) is 3. The maximum absolute atomic E-state index is 11.7. The van der Waals surface area contributed by atoms with E-state index in [4.69, 9.17) is 21.4 Å². The average molecular weight is 298 g/mol. The van der Waals surface area contributed by atoms with E-state index in [0.717, 1.165) is 12.3 Å². The minimum absolute atomic E-state index is 0.0350. The van der Waals surface area contributed by atoms with Gasteiger partial charge in [0.25, 0.3) is 0 Å². The third-order valence-electron chi connectivity index (χ3n) is 3.04. The summed E-state index contributed by atoms with van der Waals surface area (Å²) < 4.78 is 5.00. The molecule has 0 radical (unpaired) electrons. The van der Waals surface area contributed by atoms with Gasteiger partial charge in [-0.1, -0.05) is 24.4 Å². The number of carbonyl (C=O) groups is 2. The fraction of sp³-hybridized carbons (Fsp3) is 0.429. The molecule has 0 aromatic heterocycles. The summed E-state index contributed by atoms with van der Waals surface area (Å²) in [6.45, 7) is -0.452. The summed E-state index contributed by atoms with van der Waals surface area (Å²) >= 11 is 5.96. The summed E-state index contributed by atoms with van der Waals surface area (Å²) in [4.78, 5) is 22.1. The van der Waals surface area contributed by atoms with E-state index in [-0.39, 0.29) is 16.7 Å². The first kappa shape index (κ1) is 14.7. The lowest BCUT2D eigenvalue weighted by Gasteiger charge is -2.09. The Bertz CT molecular complexity index is 514. The molecule has 2 rings (SSSR count). The molecule has 5 nitrogen and oxygen atoms in total. The third-order valence-corrected chi connectivity index (χ3v) is 3.34. The summed E-state index contributed by atoms with van der Waals surface area (Å²) in [7, 11) is 0. The van der Waals surface area contributed by atoms with Crippen LogP contribution in [0.15, 0.2) is 18.2 Å². The molecule has 1 aromatic carbocycles. The van der Waals surface area contributed by atoms with E-state index in [1.54, 1.807) is 18.2 Å². The number of carboxylic acids is 1. The highest BCUT2D eigenvalue weighted by Crippen LogP contribution is 2.33. The molecule has 0 atom stereocenters. The lowest BCUT2D eigenvalue weighted by Crippen LogP contribution is -2.12. The van der Waals surface area contributed by atoms with Crippen molar-refractivity contribution in [2.75, 3.05) is 11.9 Å². The first-order chi connectivity index (χ1) is 9.54. The van der Waals surface area contributed by atoms with Crippen molar-refractivity contribution in [3.05, 3.63) is 23.2 Å². The van der Waals surface area contributed by atoms with Gasteiger partial charge < -0.3 is 15.2 Å². The third kappa shape index (κ3) is 4.74. The predicted octanol–water partition coefficient (Wildman–Crippen LogP) is 2.93. The van der Waals surface area contributed by atoms with Gasteiger partial charge in [0, 0.05) is 12.1 Å². The number of hydrogen-bond donors (Lipinski definition) is 2. The SMILES string of the molecule is O=C(O)COc1ccc(NC(=O)CCC2CC2)cc1Cl. The molecule has 0 aliphatic heterocycles. The van der Waals surface area contributed by atoms with Crippen LogP contribution >= 0.6 is 11.6 Å². The number of rotatable bonds is 7. The van der Waals surface area contributed by atoms with Crippen LogP contribution in [0.3, 0.4) is 0 Å². The van der Waals surface area contributed by atoms with E-state index in [9.17, 15) is 9.59 Å². The Morgan fingerprint density at radius 1 is 1.40 bits per heavy atom. The molecule has 0 saturated heterocycles. The number of nitrogens with one attached hydrogen (secondary N) is 1. The Hall–Kier alpha value is -1.75. The number of halogens is 1. The largest absolute Gasteiger partial charge is 0.480 e. The average Bonchev–Trinajstić information content (AvgIpc) is 3.19. The van der Waals surface area contributed by atoms with Crippen molar-refractivity contribution in [2.45, 2.75) is 25.7 Å². The smallest absolute Gasteiger partial charge is 0.341 e. The molecule has 0 heterocycles. The van der Waals surface area contributed by atoms with Crippen molar-refractivity contribution >= 4 is 29.2 Å². The van der Waals surface area contributed by atoms with Crippen molar-refractivity contribution in [1.82, 2.24) is 0 Å². The first-order valence-corrected chi connectivity index (χ1v) is 6.86. The summed E-state index contributed by atoms with van der Waals surface area (Å²) in [6.07, 6.45) is 3.91. The van der Waals surface area contributed by atoms with Gasteiger partial charge in [0.1, 0.15) is 5.75 Å². The zero-order valence-corrected chi connectivity index (χ0v) is 11.7. The number of aliphatic carboxylic acids is 1. The van der Waals surface area contributed by atoms with Gasteiger partial charge in [0.15, 0.2) is 6.61 Å². The minimum Gasteiger partial charge on any atom is -0.480 e. The Morgan fingerprint density at radius 2 is 2.15 bits per heavy atom. The van der Waals surface area contributed by atoms with E-state index in [0.29, 0.717) is 12.1 Å². The molecular weight excluding hydrogens is 282 g/mol. The van der Waals surface area contributed by atoms with Crippen LogP contribution in [-0.4, -0.2) is 23.6 Å². The summed E-state index contributed by atoms with van der Waals surface area (Å²) in [5.74, 6) is -0.105. The quantitative estimate of drug-likeness (QED) is 0.811. The molecular formula is C14H16ClNO4. The normalized spacial score (nSPS) is 13.8. The number of ether oxygens (including phenoxy) is 1. The molecule has 0 bridgehead atoms. The van der Waals surface area contributed by atoms with Gasteiger partial charge in [-0.2, -0.15) is 0 Å². The van der Waals surface area contributed by atoms with Crippen molar-refractivity contribution in [3.63, 3.8) is 0 Å². The second-order valence-corrected chi connectivity index (χ2v) is 5.27. The highest BCUT2D eigenvalue weighted by molar-refractivity contribution is 6.32. The second-order valence-electron chi connectivity index (χ2n) is 4.86. The summed E-state index contributed by atoms with van der Waals surface area (Å²) in [6, 6.07) is 4.73. The molecule has 1 saturated carbocycles. The Kier molecular flexibility index (Phi) is 4.84. The number of carboxylic acid groups (broad SMARTS) is 1. The maximum Gasteiger partial charge on any atom is 0.341 e. The molecule has 1 aliphatic carbocycles. The molecule has 1 fully saturated rings. The number of benzene rings is 1. The molecule has 0 spiro atoms. The van der Waals surface area contributed by atoms with Crippen LogP contribution in [0.1, 0.15) is 25.7 Å². The number of carbonyl (C=O) groups excluding carboxylic acids is 1. The van der Waals surface area contributed by atoms with Crippen molar-refractivity contribution in [2.24, 2.45) is 5.92 Å². The number of anilines is 1. The Morgan fingerprint density at radius 3 is 2.75 bits per heavy atom. The highest BCUT2D eigenvalue weighted by Gasteiger charge is 2.21. The Balaban J connectivity index is 1.86. The van der Waals surface area contributed by atoms with E-state index in [1.165, 1.54) is 12.8 Å². The lowest BCUT2D eigenvalue weighted by atomic mass is 10.2. The monoisotopic (exact) mass is 297 g/mol. The zero-order chi connectivity index (χ0) is 14.5. The molecule has 1 aromatic rings. The molecule has 6 heteroatoms. The van der Waals surface area contributed by atoms with Crippen LogP contribution in [0.5, 0.6) is 5.75 Å². The molecule has 2 N–H and O–H groups in total. The highest BCUT2D eigenvalue weighted by atomic mass is 35.5. The van der Waals surface area contributed by atoms with Gasteiger partial charge in [-0.15, -0.1) is 0 Å². The second kappa shape index (κ2) is 6.61. The Labute approximate surface area is 121 Å². The van der Waals surface area contributed by atoms with Crippen LogP contribution in [-0.2, 0) is 9.59 Å². The fourth-order valence-corrected chi connectivity index (χ4v) is 2.04. The van der Waals surface area contributed by atoms with Crippen LogP contribution in [0.25, 0.3) is 0 Å². The van der Waals surface area contributed by atoms with E-state index in [2.05, 4.69) is 5.32 Å². The van der Waals surface area contributed by atoms with E-state index >= 15 is 0 Å². The standard InChI is InChI=1S/C14H16ClNO4/c15-11-7-10(4-5-12(11)20-8-14(18)19)16-13(17)6-3-9-1-2-9/h4-5,7,9H,1-3,6,8H2,(H,16,17)(H,18,19). The van der Waals surface area contributed by atoms with Gasteiger partial charge in [-0.3, -0.25) is 4.79 Å². The van der Waals surface area contributed by atoms with Crippen LogP contribution in [0, 0.1) is 5.92 Å². The lowest BCUT2D eigenvalue weighted by molar-refractivity contribution is -0.139. The van der Waals surface area contributed by atoms with Crippen molar-refractivity contribution in [1.29, 1.82) is 0 Å². The molecule has 1 aliphatic rings. The molecule has 108 valence electrons. The van der Waals surface area contributed by atoms with Crippen molar-refractivity contribution < 1.29 is 19.4 Å². The van der Waals surface area contributed by atoms with Crippen molar-refractivity contribution in [3.8, 4) is 5.75 Å². The predicted molar refractivity (Wildman–Crippen MR) is 75.2 cm³/mol. The topological polar surface area (TPSA) is 75.6 Å². The van der Waals surface area contributed by atoms with Crippen LogP contribution < -0.4 is 10.1 Å². The maximum atomic E-state index is 11.7. The summed E-state index contributed by atoms with van der Waals surface area (Å²) in [5, 5.41) is 11.6. The molecule has 20 heavy (non-hydrogen) atoms. The van der Waals surface area contributed by atoms with Gasteiger partial charge in [0.05, 0.1) is 5.02 Å². The van der Waals surface area contributed by atoms with E-state index in [1.807, 2.05) is 0 Å². The van der Waals surface area contributed by atoms with Gasteiger partial charge in [-0.05, 0) is 30.5 Å². The fourth-order valence-electron chi connectivity index (χ4n) is 1.80. The number of amides is 1. The molecule has 1 amide bonds. The van der Waals surface area contributed by atoms with Crippen LogP contribution in [0.2, 0.25) is 5.02 Å². The first-order valence-electron chi connectivity index (χ1n) is 6.48. The minimum atomic E-state index is -1.07. The van der Waals surface area contributed by atoms with Gasteiger partial charge in [0.2, 0.25) is 5.91 Å². The zero-order valence-electron chi connectivity index (χ0n) is 10.9. The van der Waals surface area contributed by atoms with Gasteiger partial charge >= 0.3 is 5.97 Å². The van der Waals surface area contributed by atoms with Gasteiger partial charge in [-0.25, -0.2) is 4.79 Å². The van der Waals surface area contributed by atoms with E-state index < -0.39 is 12.6 Å². The summed E-state index contributed by atoms with van der Waals surface area (Å²) in [5.41, 5.74) is 0.582. The molecule has 0 unspecified atom stereocenters. The van der Waals surface area contributed by atoms with Crippen LogP contribution in [0.4, 0.5) is 5.69 Å².